The summed E-state index contributed by atoms with van der Waals surface area (Å²) in [7, 11) is 0. The van der Waals surface area contributed by atoms with Crippen LogP contribution in [0.25, 0.3) is 0 Å². The van der Waals surface area contributed by atoms with E-state index >= 15 is 0 Å². The van der Waals surface area contributed by atoms with Gasteiger partial charge in [-0.3, -0.25) is 19.3 Å². The van der Waals surface area contributed by atoms with E-state index in [0.29, 0.717) is 51.6 Å². The van der Waals surface area contributed by atoms with Gasteiger partial charge >= 0.3 is 5.97 Å². The molecule has 2 saturated carbocycles. The van der Waals surface area contributed by atoms with Gasteiger partial charge in [-0.25, -0.2) is 0 Å². The van der Waals surface area contributed by atoms with Crippen LogP contribution < -0.4 is 5.32 Å². The van der Waals surface area contributed by atoms with Crippen LogP contribution in [0.1, 0.15) is 25.7 Å². The molecule has 0 aromatic carbocycles. The molecule has 3 rings (SSSR count). The van der Waals surface area contributed by atoms with Gasteiger partial charge in [0.25, 0.3) is 0 Å². The Balaban J connectivity index is 1.57. The molecule has 2 aliphatic carbocycles. The number of hydrogen-bond donors (Lipinski definition) is 2. The summed E-state index contributed by atoms with van der Waals surface area (Å²) in [6.45, 7) is 6.47. The van der Waals surface area contributed by atoms with Crippen LogP contribution in [0.3, 0.4) is 0 Å². The van der Waals surface area contributed by atoms with Crippen LogP contribution in [-0.2, 0) is 14.4 Å². The second-order valence-electron chi connectivity index (χ2n) is 7.52. The fourth-order valence-electron chi connectivity index (χ4n) is 4.78. The number of amides is 2. The molecule has 2 amide bonds. The molecule has 0 radical (unpaired) electrons. The number of nitrogens with zero attached hydrogens (tertiary/aromatic N) is 2. The number of nitrogens with one attached hydrogen (secondary N) is 1. The average molecular weight is 349 g/mol. The highest BCUT2D eigenvalue weighted by atomic mass is 16.4. The predicted molar refractivity (Wildman–Crippen MR) is 91.7 cm³/mol. The van der Waals surface area contributed by atoms with Crippen molar-refractivity contribution in [2.75, 3.05) is 39.3 Å². The molecule has 0 spiro atoms. The average Bonchev–Trinajstić information content (AvgIpc) is 3.21. The summed E-state index contributed by atoms with van der Waals surface area (Å²) in [6, 6.07) is 0. The van der Waals surface area contributed by atoms with Crippen molar-refractivity contribution in [1.82, 2.24) is 15.1 Å². The SMILES string of the molecule is C=CCNC(=O)CN1CCN(C(=O)C2(C(=O)O)CC3CCC2C3)CC1. The first-order chi connectivity index (χ1) is 12.0. The molecule has 0 aromatic rings. The fraction of sp³-hybridized carbons (Fsp3) is 0.722. The van der Waals surface area contributed by atoms with Crippen LogP contribution in [0.15, 0.2) is 12.7 Å². The third-order valence-corrected chi connectivity index (χ3v) is 6.08. The Morgan fingerprint density at radius 2 is 1.92 bits per heavy atom. The van der Waals surface area contributed by atoms with Gasteiger partial charge in [-0.1, -0.05) is 12.5 Å². The molecule has 3 fully saturated rings. The minimum Gasteiger partial charge on any atom is -0.480 e. The summed E-state index contributed by atoms with van der Waals surface area (Å²) in [5, 5.41) is 12.6. The molecule has 2 N–H and O–H groups in total. The molecule has 1 saturated heterocycles. The highest BCUT2D eigenvalue weighted by Crippen LogP contribution is 2.56. The molecule has 3 aliphatic rings. The van der Waals surface area contributed by atoms with E-state index in [1.807, 2.05) is 4.90 Å². The zero-order chi connectivity index (χ0) is 18.0. The van der Waals surface area contributed by atoms with E-state index in [2.05, 4.69) is 11.9 Å². The zero-order valence-electron chi connectivity index (χ0n) is 14.6. The van der Waals surface area contributed by atoms with Gasteiger partial charge in [-0.2, -0.15) is 0 Å². The summed E-state index contributed by atoms with van der Waals surface area (Å²) in [5.74, 6) is -0.834. The monoisotopic (exact) mass is 349 g/mol. The first-order valence-electron chi connectivity index (χ1n) is 9.10. The molecule has 1 heterocycles. The van der Waals surface area contributed by atoms with E-state index in [-0.39, 0.29) is 17.7 Å². The molecule has 2 bridgehead atoms. The number of piperazine rings is 1. The standard InChI is InChI=1S/C18H27N3O4/c1-2-5-19-15(22)12-20-6-8-21(9-7-20)16(23)18(17(24)25)11-13-3-4-14(18)10-13/h2,13-14H,1,3-12H2,(H,19,22)(H,24,25). The van der Waals surface area contributed by atoms with Gasteiger partial charge in [0, 0.05) is 32.7 Å². The van der Waals surface area contributed by atoms with Crippen LogP contribution in [0.4, 0.5) is 0 Å². The van der Waals surface area contributed by atoms with Crippen LogP contribution in [0, 0.1) is 17.3 Å². The highest BCUT2D eigenvalue weighted by Gasteiger charge is 2.61. The normalized spacial score (nSPS) is 31.8. The number of rotatable bonds is 6. The van der Waals surface area contributed by atoms with Crippen LogP contribution >= 0.6 is 0 Å². The van der Waals surface area contributed by atoms with Crippen LogP contribution in [0.2, 0.25) is 0 Å². The van der Waals surface area contributed by atoms with Crippen molar-refractivity contribution in [2.24, 2.45) is 17.3 Å². The Labute approximate surface area is 148 Å². The number of fused-ring (bicyclic) bond motifs is 2. The maximum atomic E-state index is 13.1. The number of carboxylic acids is 1. The maximum absolute atomic E-state index is 13.1. The second-order valence-corrected chi connectivity index (χ2v) is 7.52. The summed E-state index contributed by atoms with van der Waals surface area (Å²) >= 11 is 0. The molecule has 25 heavy (non-hydrogen) atoms. The molecule has 7 heteroatoms. The molecule has 138 valence electrons. The topological polar surface area (TPSA) is 90.0 Å². The molecule has 7 nitrogen and oxygen atoms in total. The predicted octanol–water partition coefficient (Wildman–Crippen LogP) is 0.324. The minimum absolute atomic E-state index is 0.00906. The van der Waals surface area contributed by atoms with Crippen molar-refractivity contribution < 1.29 is 19.5 Å². The summed E-state index contributed by atoms with van der Waals surface area (Å²) in [4.78, 5) is 40.5. The lowest BCUT2D eigenvalue weighted by Gasteiger charge is -2.40. The number of carboxylic acid groups (broad SMARTS) is 1. The molecule has 3 atom stereocenters. The van der Waals surface area contributed by atoms with Crippen molar-refractivity contribution >= 4 is 17.8 Å². The largest absolute Gasteiger partial charge is 0.480 e. The zero-order valence-corrected chi connectivity index (χ0v) is 14.6. The lowest BCUT2D eigenvalue weighted by Crippen LogP contribution is -2.57. The number of aliphatic carboxylic acids is 1. The van der Waals surface area contributed by atoms with Gasteiger partial charge in [-0.15, -0.1) is 6.58 Å². The lowest BCUT2D eigenvalue weighted by atomic mass is 9.72. The summed E-state index contributed by atoms with van der Waals surface area (Å²) in [6.07, 6.45) is 4.92. The van der Waals surface area contributed by atoms with Gasteiger partial charge < -0.3 is 15.3 Å². The van der Waals surface area contributed by atoms with E-state index in [1.165, 1.54) is 0 Å². The highest BCUT2D eigenvalue weighted by molar-refractivity contribution is 6.03. The van der Waals surface area contributed by atoms with Gasteiger partial charge in [0.15, 0.2) is 0 Å². The van der Waals surface area contributed by atoms with Crippen molar-refractivity contribution in [3.8, 4) is 0 Å². The Kier molecular flexibility index (Phi) is 5.13. The third-order valence-electron chi connectivity index (χ3n) is 6.08. The Morgan fingerprint density at radius 1 is 1.20 bits per heavy atom. The van der Waals surface area contributed by atoms with Crippen molar-refractivity contribution in [3.63, 3.8) is 0 Å². The number of carbonyl (C=O) groups excluding carboxylic acids is 2. The quantitative estimate of drug-likeness (QED) is 0.533. The third kappa shape index (κ3) is 3.29. The minimum atomic E-state index is -1.20. The van der Waals surface area contributed by atoms with Crippen molar-refractivity contribution in [1.29, 1.82) is 0 Å². The van der Waals surface area contributed by atoms with Gasteiger partial charge in [0.05, 0.1) is 6.54 Å². The Morgan fingerprint density at radius 3 is 2.44 bits per heavy atom. The van der Waals surface area contributed by atoms with Crippen molar-refractivity contribution in [2.45, 2.75) is 25.7 Å². The molecular weight excluding hydrogens is 322 g/mol. The van der Waals surface area contributed by atoms with E-state index in [1.54, 1.807) is 11.0 Å². The van der Waals surface area contributed by atoms with E-state index in [0.717, 1.165) is 19.3 Å². The molecule has 0 aromatic heterocycles. The number of carbonyl (C=O) groups is 3. The van der Waals surface area contributed by atoms with Gasteiger partial charge in [0.2, 0.25) is 11.8 Å². The first kappa shape index (κ1) is 17.9. The first-order valence-corrected chi connectivity index (χ1v) is 9.10. The van der Waals surface area contributed by atoms with Crippen LogP contribution in [-0.4, -0.2) is 72.0 Å². The van der Waals surface area contributed by atoms with Crippen LogP contribution in [0.5, 0.6) is 0 Å². The Hall–Kier alpha value is -1.89. The van der Waals surface area contributed by atoms with E-state index in [4.69, 9.17) is 0 Å². The summed E-state index contributed by atoms with van der Waals surface area (Å²) < 4.78 is 0. The Bertz CT molecular complexity index is 571. The molecular formula is C18H27N3O4. The fourth-order valence-corrected chi connectivity index (χ4v) is 4.78. The second kappa shape index (κ2) is 7.15. The summed E-state index contributed by atoms with van der Waals surface area (Å²) in [5.41, 5.74) is -1.20. The van der Waals surface area contributed by atoms with E-state index < -0.39 is 11.4 Å². The van der Waals surface area contributed by atoms with Gasteiger partial charge in [-0.05, 0) is 31.1 Å². The molecule has 3 unspecified atom stereocenters. The number of hydrogen-bond acceptors (Lipinski definition) is 4. The van der Waals surface area contributed by atoms with E-state index in [9.17, 15) is 19.5 Å². The maximum Gasteiger partial charge on any atom is 0.319 e. The van der Waals surface area contributed by atoms with Gasteiger partial charge in [0.1, 0.15) is 5.41 Å². The molecule has 1 aliphatic heterocycles. The smallest absolute Gasteiger partial charge is 0.319 e. The lowest BCUT2D eigenvalue weighted by molar-refractivity contribution is -0.166. The van der Waals surface area contributed by atoms with Crippen molar-refractivity contribution in [3.05, 3.63) is 12.7 Å².